The predicted octanol–water partition coefficient (Wildman–Crippen LogP) is 1.35. The second kappa shape index (κ2) is 6.16. The summed E-state index contributed by atoms with van der Waals surface area (Å²) in [5.74, 6) is -0.159. The van der Waals surface area contributed by atoms with Gasteiger partial charge >= 0.3 is 0 Å². The number of amides is 2. The first kappa shape index (κ1) is 14.0. The Morgan fingerprint density at radius 3 is 2.79 bits per heavy atom. The number of carbonyl (C=O) groups is 2. The largest absolute Gasteiger partial charge is 0.381 e. The van der Waals surface area contributed by atoms with Gasteiger partial charge in [-0.05, 0) is 30.9 Å². The first-order chi connectivity index (χ1) is 9.08. The fourth-order valence-corrected chi connectivity index (χ4v) is 3.05. The molecule has 0 bridgehead atoms. The minimum Gasteiger partial charge on any atom is -0.381 e. The van der Waals surface area contributed by atoms with Crippen LogP contribution >= 0.6 is 11.3 Å². The van der Waals surface area contributed by atoms with Crippen LogP contribution in [0.1, 0.15) is 32.2 Å². The van der Waals surface area contributed by atoms with E-state index in [4.69, 9.17) is 10.5 Å². The molecule has 1 unspecified atom stereocenters. The van der Waals surface area contributed by atoms with Crippen LogP contribution in [0.15, 0.2) is 12.1 Å². The lowest BCUT2D eigenvalue weighted by molar-refractivity contribution is 0.0390. The van der Waals surface area contributed by atoms with Crippen molar-refractivity contribution in [1.29, 1.82) is 0 Å². The molecule has 1 saturated heterocycles. The molecular formula is C13H18N2O3S. The Kier molecular flexibility index (Phi) is 4.55. The van der Waals surface area contributed by atoms with Crippen molar-refractivity contribution >= 4 is 23.2 Å². The summed E-state index contributed by atoms with van der Waals surface area (Å²) in [5.41, 5.74) is 5.18. The van der Waals surface area contributed by atoms with Crippen molar-refractivity contribution in [2.24, 2.45) is 11.7 Å². The molecule has 19 heavy (non-hydrogen) atoms. The minimum atomic E-state index is -0.493. The van der Waals surface area contributed by atoms with Crippen LogP contribution in [0.2, 0.25) is 0 Å². The highest BCUT2D eigenvalue weighted by Crippen LogP contribution is 2.19. The van der Waals surface area contributed by atoms with Gasteiger partial charge in [0.25, 0.3) is 11.8 Å². The summed E-state index contributed by atoms with van der Waals surface area (Å²) in [6, 6.07) is 3.25. The number of rotatable bonds is 4. The van der Waals surface area contributed by atoms with E-state index in [-0.39, 0.29) is 5.91 Å². The van der Waals surface area contributed by atoms with E-state index in [1.165, 1.54) is 0 Å². The monoisotopic (exact) mass is 282 g/mol. The van der Waals surface area contributed by atoms with Crippen molar-refractivity contribution < 1.29 is 14.3 Å². The van der Waals surface area contributed by atoms with E-state index in [9.17, 15) is 9.59 Å². The number of nitrogens with zero attached hydrogens (tertiary/aromatic N) is 1. The number of carbonyl (C=O) groups excluding carboxylic acids is 2. The van der Waals surface area contributed by atoms with Crippen LogP contribution in [0.5, 0.6) is 0 Å². The second-order valence-corrected chi connectivity index (χ2v) is 5.88. The predicted molar refractivity (Wildman–Crippen MR) is 73.3 cm³/mol. The van der Waals surface area contributed by atoms with Crippen LogP contribution in [-0.4, -0.2) is 43.5 Å². The zero-order valence-corrected chi connectivity index (χ0v) is 11.7. The Morgan fingerprint density at radius 2 is 2.21 bits per heavy atom. The van der Waals surface area contributed by atoms with Crippen molar-refractivity contribution in [3.05, 3.63) is 21.9 Å². The number of thiophene rings is 1. The third-order valence-electron chi connectivity index (χ3n) is 3.19. The van der Waals surface area contributed by atoms with Crippen LogP contribution in [0.25, 0.3) is 0 Å². The summed E-state index contributed by atoms with van der Waals surface area (Å²) in [5, 5.41) is 0. The quantitative estimate of drug-likeness (QED) is 0.906. The lowest BCUT2D eigenvalue weighted by atomic mass is 10.0. The van der Waals surface area contributed by atoms with Gasteiger partial charge in [-0.2, -0.15) is 0 Å². The van der Waals surface area contributed by atoms with Crippen LogP contribution in [-0.2, 0) is 4.74 Å². The molecular weight excluding hydrogens is 264 g/mol. The van der Waals surface area contributed by atoms with E-state index in [0.29, 0.717) is 28.8 Å². The minimum absolute atomic E-state index is 0.0666. The summed E-state index contributed by atoms with van der Waals surface area (Å²) < 4.78 is 5.41. The van der Waals surface area contributed by atoms with Crippen molar-refractivity contribution in [2.45, 2.75) is 12.8 Å². The van der Waals surface area contributed by atoms with Crippen molar-refractivity contribution in [2.75, 3.05) is 26.8 Å². The van der Waals surface area contributed by atoms with E-state index in [1.807, 2.05) is 0 Å². The molecule has 5 nitrogen and oxygen atoms in total. The van der Waals surface area contributed by atoms with E-state index < -0.39 is 5.91 Å². The van der Waals surface area contributed by atoms with Gasteiger partial charge in [0.2, 0.25) is 0 Å². The Bertz CT molecular complexity index is 466. The summed E-state index contributed by atoms with van der Waals surface area (Å²) in [6.07, 6.45) is 2.14. The lowest BCUT2D eigenvalue weighted by Gasteiger charge is -2.26. The van der Waals surface area contributed by atoms with Crippen LogP contribution < -0.4 is 5.73 Å². The molecule has 2 amide bonds. The third kappa shape index (κ3) is 3.54. The molecule has 1 fully saturated rings. The van der Waals surface area contributed by atoms with Crippen molar-refractivity contribution in [1.82, 2.24) is 4.90 Å². The highest BCUT2D eigenvalue weighted by Gasteiger charge is 2.21. The number of hydrogen-bond acceptors (Lipinski definition) is 4. The van der Waals surface area contributed by atoms with Crippen LogP contribution in [0, 0.1) is 5.92 Å². The summed E-state index contributed by atoms with van der Waals surface area (Å²) in [4.78, 5) is 25.9. The van der Waals surface area contributed by atoms with Gasteiger partial charge in [-0.25, -0.2) is 0 Å². The topological polar surface area (TPSA) is 72.6 Å². The zero-order valence-electron chi connectivity index (χ0n) is 10.9. The normalized spacial score (nSPS) is 19.1. The molecule has 0 aliphatic carbocycles. The zero-order chi connectivity index (χ0) is 13.8. The maximum atomic E-state index is 12.2. The molecule has 0 saturated carbocycles. The summed E-state index contributed by atoms with van der Waals surface area (Å²) >= 11 is 1.14. The SMILES string of the molecule is CN(CC1CCCOC1)C(=O)c1ccc(C(N)=O)s1. The van der Waals surface area contributed by atoms with Gasteiger partial charge in [0.1, 0.15) is 0 Å². The number of nitrogens with two attached hydrogens (primary N) is 1. The second-order valence-electron chi connectivity index (χ2n) is 4.80. The van der Waals surface area contributed by atoms with Gasteiger partial charge in [-0.1, -0.05) is 0 Å². The Hall–Kier alpha value is -1.40. The average molecular weight is 282 g/mol. The molecule has 2 rings (SSSR count). The molecule has 0 aromatic carbocycles. The molecule has 0 spiro atoms. The maximum Gasteiger partial charge on any atom is 0.263 e. The van der Waals surface area contributed by atoms with Gasteiger partial charge in [-0.3, -0.25) is 9.59 Å². The Labute approximate surface area is 116 Å². The van der Waals surface area contributed by atoms with E-state index in [1.54, 1.807) is 24.1 Å². The fraction of sp³-hybridized carbons (Fsp3) is 0.538. The summed E-state index contributed by atoms with van der Waals surface area (Å²) in [7, 11) is 1.78. The van der Waals surface area contributed by atoms with Crippen LogP contribution in [0.3, 0.4) is 0 Å². The van der Waals surface area contributed by atoms with Crippen molar-refractivity contribution in [3.63, 3.8) is 0 Å². The molecule has 1 aliphatic heterocycles. The highest BCUT2D eigenvalue weighted by molar-refractivity contribution is 7.15. The third-order valence-corrected chi connectivity index (χ3v) is 4.28. The number of primary amides is 1. The molecule has 0 radical (unpaired) electrons. The van der Waals surface area contributed by atoms with Crippen molar-refractivity contribution in [3.8, 4) is 0 Å². The molecule has 1 aliphatic rings. The number of hydrogen-bond donors (Lipinski definition) is 1. The summed E-state index contributed by atoms with van der Waals surface area (Å²) in [6.45, 7) is 2.22. The van der Waals surface area contributed by atoms with Gasteiger partial charge in [0.15, 0.2) is 0 Å². The van der Waals surface area contributed by atoms with Gasteiger partial charge in [0, 0.05) is 20.2 Å². The molecule has 104 valence electrons. The molecule has 2 N–H and O–H groups in total. The highest BCUT2D eigenvalue weighted by atomic mass is 32.1. The Balaban J connectivity index is 1.95. The van der Waals surface area contributed by atoms with E-state index >= 15 is 0 Å². The maximum absolute atomic E-state index is 12.2. The molecule has 1 aromatic heterocycles. The van der Waals surface area contributed by atoms with Crippen LogP contribution in [0.4, 0.5) is 0 Å². The Morgan fingerprint density at radius 1 is 1.47 bits per heavy atom. The van der Waals surface area contributed by atoms with Gasteiger partial charge in [0.05, 0.1) is 16.4 Å². The fourth-order valence-electron chi connectivity index (χ4n) is 2.19. The van der Waals surface area contributed by atoms with E-state index in [0.717, 1.165) is 30.8 Å². The first-order valence-corrected chi connectivity index (χ1v) is 7.12. The first-order valence-electron chi connectivity index (χ1n) is 6.30. The lowest BCUT2D eigenvalue weighted by Crippen LogP contribution is -2.34. The molecule has 2 heterocycles. The van der Waals surface area contributed by atoms with E-state index in [2.05, 4.69) is 0 Å². The average Bonchev–Trinajstić information content (AvgIpc) is 2.88. The smallest absolute Gasteiger partial charge is 0.263 e. The van der Waals surface area contributed by atoms with Gasteiger partial charge in [-0.15, -0.1) is 11.3 Å². The molecule has 6 heteroatoms. The standard InChI is InChI=1S/C13H18N2O3S/c1-15(7-9-3-2-6-18-8-9)13(17)11-5-4-10(19-11)12(14)16/h4-5,9H,2-3,6-8H2,1H3,(H2,14,16). The molecule has 1 aromatic rings. The number of ether oxygens (including phenoxy) is 1. The van der Waals surface area contributed by atoms with Gasteiger partial charge < -0.3 is 15.4 Å². The molecule has 1 atom stereocenters.